The zero-order valence-corrected chi connectivity index (χ0v) is 39.3. The number of hydrogen-bond donors (Lipinski definition) is 6. The summed E-state index contributed by atoms with van der Waals surface area (Å²) >= 11 is 0. The molecular formula is C50H79NO13. The molecule has 0 aromatic heterocycles. The molecular weight excluding hydrogens is 823 g/mol. The van der Waals surface area contributed by atoms with Gasteiger partial charge in [-0.25, -0.2) is 4.79 Å². The number of piperidine rings is 1. The quantitative estimate of drug-likeness (QED) is 0.161. The fourth-order valence-corrected chi connectivity index (χ4v) is 10.4. The normalized spacial score (nSPS) is 40.0. The number of Topliss-reactive ketones (excluding diaryl/α,β-unsaturated/α-hetero) is 3. The van der Waals surface area contributed by atoms with Crippen LogP contribution in [0.25, 0.3) is 0 Å². The lowest BCUT2D eigenvalue weighted by atomic mass is 9.75. The van der Waals surface area contributed by atoms with E-state index in [-0.39, 0.29) is 74.1 Å². The number of carbonyl (C=O) groups is 5. The van der Waals surface area contributed by atoms with E-state index in [1.54, 1.807) is 52.8 Å². The minimum atomic E-state index is -2.49. The van der Waals surface area contributed by atoms with Gasteiger partial charge in [-0.15, -0.1) is 0 Å². The molecule has 2 bridgehead atoms. The number of aliphatic hydroxyl groups excluding tert-OH is 5. The van der Waals surface area contributed by atoms with Crippen LogP contribution in [0, 0.1) is 53.3 Å². The maximum atomic E-state index is 14.3. The molecule has 14 nitrogen and oxygen atoms in total. The average molecular weight is 902 g/mol. The molecule has 4 rings (SSSR count). The van der Waals surface area contributed by atoms with Gasteiger partial charge >= 0.3 is 5.97 Å². The second kappa shape index (κ2) is 24.6. The van der Waals surface area contributed by atoms with Crippen molar-refractivity contribution in [1.29, 1.82) is 0 Å². The van der Waals surface area contributed by atoms with E-state index in [1.165, 1.54) is 0 Å². The molecule has 3 heterocycles. The van der Waals surface area contributed by atoms with Crippen LogP contribution in [0.5, 0.6) is 0 Å². The molecule has 362 valence electrons. The number of ketones is 3. The smallest absolute Gasteiger partial charge is 0.329 e. The van der Waals surface area contributed by atoms with Gasteiger partial charge in [-0.1, -0.05) is 71.9 Å². The van der Waals surface area contributed by atoms with Crippen molar-refractivity contribution in [3.63, 3.8) is 0 Å². The number of ether oxygens (including phenoxy) is 2. The number of hydrogen-bond acceptors (Lipinski definition) is 13. The Balaban J connectivity index is 1.66. The van der Waals surface area contributed by atoms with E-state index in [0.717, 1.165) is 4.90 Å². The molecule has 1 aliphatic carbocycles. The summed E-state index contributed by atoms with van der Waals surface area (Å²) in [4.78, 5) is 71.4. The first kappa shape index (κ1) is 53.5. The fourth-order valence-electron chi connectivity index (χ4n) is 10.4. The number of allylic oxidation sites excluding steroid dienone is 5. The van der Waals surface area contributed by atoms with Gasteiger partial charge in [-0.3, -0.25) is 19.2 Å². The molecule has 6 N–H and O–H groups in total. The summed E-state index contributed by atoms with van der Waals surface area (Å²) in [5.41, 5.74) is 0.613. The van der Waals surface area contributed by atoms with Gasteiger partial charge in [0.05, 0.1) is 36.9 Å². The van der Waals surface area contributed by atoms with Gasteiger partial charge in [-0.05, 0) is 107 Å². The Labute approximate surface area is 380 Å². The van der Waals surface area contributed by atoms with Crippen LogP contribution >= 0.6 is 0 Å². The number of nitrogens with zero attached hydrogens (tertiary/aromatic N) is 1. The number of aliphatic hydroxyl groups is 6. The van der Waals surface area contributed by atoms with Gasteiger partial charge in [0, 0.05) is 49.7 Å². The Morgan fingerprint density at radius 3 is 2.23 bits per heavy atom. The molecule has 0 radical (unpaired) electrons. The number of rotatable bonds is 5. The molecule has 14 heteroatoms. The maximum absolute atomic E-state index is 14.3. The Kier molecular flexibility index (Phi) is 20.6. The van der Waals surface area contributed by atoms with Crippen molar-refractivity contribution in [2.75, 3.05) is 19.8 Å². The number of cyclic esters (lactones) is 1. The van der Waals surface area contributed by atoms with Gasteiger partial charge in [-0.2, -0.15) is 0 Å². The summed E-state index contributed by atoms with van der Waals surface area (Å²) in [7, 11) is 0. The van der Waals surface area contributed by atoms with Crippen LogP contribution in [0.2, 0.25) is 0 Å². The third-order valence-electron chi connectivity index (χ3n) is 14.9. The number of amides is 1. The van der Waals surface area contributed by atoms with Crippen molar-refractivity contribution >= 4 is 29.2 Å². The van der Waals surface area contributed by atoms with Gasteiger partial charge in [0.25, 0.3) is 11.7 Å². The predicted molar refractivity (Wildman–Crippen MR) is 240 cm³/mol. The Bertz CT molecular complexity index is 1680. The van der Waals surface area contributed by atoms with Crippen molar-refractivity contribution in [3.8, 4) is 0 Å². The highest BCUT2D eigenvalue weighted by Gasteiger charge is 2.53. The van der Waals surface area contributed by atoms with Crippen LogP contribution in [0.15, 0.2) is 36.0 Å². The third kappa shape index (κ3) is 14.0. The molecule has 0 aromatic rings. The summed E-state index contributed by atoms with van der Waals surface area (Å²) in [6.45, 7) is 11.8. The first-order valence-electron chi connectivity index (χ1n) is 24.0. The van der Waals surface area contributed by atoms with Crippen molar-refractivity contribution in [3.05, 3.63) is 36.0 Å². The van der Waals surface area contributed by atoms with E-state index < -0.39 is 96.2 Å². The Morgan fingerprint density at radius 2 is 1.55 bits per heavy atom. The largest absolute Gasteiger partial charge is 0.460 e. The lowest BCUT2D eigenvalue weighted by Crippen LogP contribution is -2.61. The molecule has 16 atom stereocenters. The lowest BCUT2D eigenvalue weighted by molar-refractivity contribution is -0.265. The van der Waals surface area contributed by atoms with Crippen LogP contribution in [0.3, 0.4) is 0 Å². The van der Waals surface area contributed by atoms with E-state index in [1.807, 2.05) is 26.0 Å². The molecule has 0 spiro atoms. The van der Waals surface area contributed by atoms with E-state index in [2.05, 4.69) is 0 Å². The molecule has 3 fully saturated rings. The van der Waals surface area contributed by atoms with Gasteiger partial charge < -0.3 is 45.0 Å². The summed E-state index contributed by atoms with van der Waals surface area (Å²) in [5.74, 6) is -10.1. The van der Waals surface area contributed by atoms with Gasteiger partial charge in [0.2, 0.25) is 5.79 Å². The molecule has 3 aliphatic heterocycles. The second-order valence-corrected chi connectivity index (χ2v) is 20.1. The summed E-state index contributed by atoms with van der Waals surface area (Å²) in [6.07, 6.45) is 9.44. The highest BCUT2D eigenvalue weighted by Crippen LogP contribution is 2.38. The average Bonchev–Trinajstić information content (AvgIpc) is 3.26. The molecule has 2 unspecified atom stereocenters. The third-order valence-corrected chi connectivity index (χ3v) is 14.9. The van der Waals surface area contributed by atoms with Crippen LogP contribution in [0.4, 0.5) is 0 Å². The SMILES string of the molecule is CC1=CC=C/C=C/[C@@H](C)C[C@@H](C)C(=O)[C@H](CO)[C@H](O)C(C)C[C@@H](C)C(=O)C[C@@H]([C@H](C)C[C@@H]2CC[C@@H](O)[C@H](CO)C2)OC(=O)[C@@H]2CCCCN2C(=O)C(=O)[C@]2(O)O[C@@H](CC[C@H]2C)CC1O. The minimum absolute atomic E-state index is 0.0213. The maximum Gasteiger partial charge on any atom is 0.329 e. The zero-order valence-electron chi connectivity index (χ0n) is 39.3. The second-order valence-electron chi connectivity index (χ2n) is 20.1. The fraction of sp³-hybridized carbons (Fsp3) is 0.780. The van der Waals surface area contributed by atoms with Crippen LogP contribution in [0.1, 0.15) is 132 Å². The van der Waals surface area contributed by atoms with Crippen molar-refractivity contribution < 1.29 is 64.1 Å². The van der Waals surface area contributed by atoms with Crippen LogP contribution in [-0.2, 0) is 33.4 Å². The predicted octanol–water partition coefficient (Wildman–Crippen LogP) is 4.79. The minimum Gasteiger partial charge on any atom is -0.460 e. The highest BCUT2D eigenvalue weighted by atomic mass is 16.6. The van der Waals surface area contributed by atoms with Crippen LogP contribution < -0.4 is 0 Å². The van der Waals surface area contributed by atoms with E-state index in [9.17, 15) is 54.6 Å². The number of carbonyl (C=O) groups excluding carboxylic acids is 5. The molecule has 4 aliphatic rings. The van der Waals surface area contributed by atoms with Crippen molar-refractivity contribution in [2.45, 2.75) is 174 Å². The van der Waals surface area contributed by atoms with E-state index >= 15 is 0 Å². The molecule has 2 saturated heterocycles. The summed E-state index contributed by atoms with van der Waals surface area (Å²) < 4.78 is 12.2. The van der Waals surface area contributed by atoms with Gasteiger partial charge in [0.15, 0.2) is 0 Å². The van der Waals surface area contributed by atoms with Crippen LogP contribution in [-0.4, -0.2) is 127 Å². The topological polar surface area (TPSA) is 228 Å². The summed E-state index contributed by atoms with van der Waals surface area (Å²) in [6, 6.07) is -1.17. The lowest BCUT2D eigenvalue weighted by Gasteiger charge is -2.42. The first-order chi connectivity index (χ1) is 30.2. The molecule has 1 amide bonds. The summed E-state index contributed by atoms with van der Waals surface area (Å²) in [5, 5.41) is 65.0. The molecule has 0 aromatic carbocycles. The monoisotopic (exact) mass is 902 g/mol. The van der Waals surface area contributed by atoms with Crippen molar-refractivity contribution in [2.24, 2.45) is 53.3 Å². The highest BCUT2D eigenvalue weighted by molar-refractivity contribution is 6.39. The molecule has 1 saturated carbocycles. The molecule has 64 heavy (non-hydrogen) atoms. The Morgan fingerprint density at radius 1 is 0.828 bits per heavy atom. The number of esters is 1. The van der Waals surface area contributed by atoms with E-state index in [4.69, 9.17) is 9.47 Å². The Hall–Kier alpha value is -3.11. The number of fused-ring (bicyclic) bond motifs is 3. The van der Waals surface area contributed by atoms with E-state index in [0.29, 0.717) is 63.4 Å². The standard InChI is InChI=1S/C50H79NO13/c1-29-13-9-8-10-14-30(2)42(55)25-38-18-16-35(7)50(62,64-38)47(59)48(60)51-20-12-11-15-40(51)49(61)63-44(32(4)23-36-17-19-41(54)37(24-36)27-52)26-43(56)31(3)22-34(6)46(58)39(28-53)45(57)33(5)21-29/h8-10,13-14,29,31-42,44,46,52-55,58,62H,11-12,15-28H2,1-7H3/b10-8?,13-9+,30-14?/t29-,31-,32-,33-,34?,35-,36+,37+,38+,39+,40+,41-,42?,44+,46-,50-/m1/s1. The first-order valence-corrected chi connectivity index (χ1v) is 24.0. The van der Waals surface area contributed by atoms with Crippen molar-refractivity contribution in [1.82, 2.24) is 4.90 Å². The van der Waals surface area contributed by atoms with Gasteiger partial charge in [0.1, 0.15) is 23.7 Å². The zero-order chi connectivity index (χ0) is 47.5.